The number of aryl methyl sites for hydroxylation is 1. The van der Waals surface area contributed by atoms with Crippen molar-refractivity contribution in [3.05, 3.63) is 23.8 Å². The Labute approximate surface area is 173 Å². The number of piperazine rings is 1. The summed E-state index contributed by atoms with van der Waals surface area (Å²) in [5.41, 5.74) is 1.80. The fourth-order valence-corrected chi connectivity index (χ4v) is 3.72. The molecule has 1 aromatic rings. The van der Waals surface area contributed by atoms with E-state index in [2.05, 4.69) is 15.5 Å². The molecule has 156 valence electrons. The van der Waals surface area contributed by atoms with Crippen molar-refractivity contribution in [3.63, 3.8) is 0 Å². The first-order valence-corrected chi connectivity index (χ1v) is 9.74. The highest BCUT2D eigenvalue weighted by Gasteiger charge is 2.36. The van der Waals surface area contributed by atoms with Gasteiger partial charge in [0.25, 0.3) is 0 Å². The maximum Gasteiger partial charge on any atom is 0.227 e. The molecule has 2 amide bonds. The molecule has 3 rings (SSSR count). The van der Waals surface area contributed by atoms with Gasteiger partial charge in [-0.3, -0.25) is 9.59 Å². The van der Waals surface area contributed by atoms with Crippen LogP contribution in [0.25, 0.3) is 0 Å². The fraction of sp³-hybridized carbons (Fsp3) is 0.600. The van der Waals surface area contributed by atoms with Crippen LogP contribution >= 0.6 is 12.4 Å². The van der Waals surface area contributed by atoms with E-state index in [0.29, 0.717) is 18.8 Å². The number of benzene rings is 1. The van der Waals surface area contributed by atoms with E-state index in [1.54, 1.807) is 12.0 Å². The molecular weight excluding hydrogens is 380 g/mol. The molecule has 0 bridgehead atoms. The number of nitrogens with zero attached hydrogens (tertiary/aromatic N) is 2. The van der Waals surface area contributed by atoms with E-state index in [0.717, 1.165) is 50.4 Å². The Morgan fingerprint density at radius 3 is 2.79 bits per heavy atom. The summed E-state index contributed by atoms with van der Waals surface area (Å²) in [6, 6.07) is 5.75. The minimum atomic E-state index is -0.304. The first-order valence-electron chi connectivity index (χ1n) is 9.74. The zero-order chi connectivity index (χ0) is 19.2. The Kier molecular flexibility index (Phi) is 8.54. The fourth-order valence-electron chi connectivity index (χ4n) is 3.72. The highest BCUT2D eigenvalue weighted by molar-refractivity contribution is 6.01. The second-order valence-electron chi connectivity index (χ2n) is 7.32. The summed E-state index contributed by atoms with van der Waals surface area (Å²) in [5, 5.41) is 6.34. The molecular formula is C20H31ClN4O3. The molecule has 0 aliphatic carbocycles. The lowest BCUT2D eigenvalue weighted by Crippen LogP contribution is -2.44. The van der Waals surface area contributed by atoms with Gasteiger partial charge in [0, 0.05) is 45.7 Å². The van der Waals surface area contributed by atoms with Crippen LogP contribution in [-0.2, 0) is 9.59 Å². The average molecular weight is 411 g/mol. The highest BCUT2D eigenvalue weighted by atomic mass is 35.5. The summed E-state index contributed by atoms with van der Waals surface area (Å²) in [7, 11) is 1.59. The summed E-state index contributed by atoms with van der Waals surface area (Å²) in [6.07, 6.45) is 1.18. The molecule has 1 atom stereocenters. The number of hydrogen-bond donors (Lipinski definition) is 2. The molecule has 0 spiro atoms. The summed E-state index contributed by atoms with van der Waals surface area (Å²) in [6.45, 7) is 8.24. The van der Waals surface area contributed by atoms with Crippen LogP contribution in [0.2, 0.25) is 0 Å². The van der Waals surface area contributed by atoms with E-state index >= 15 is 0 Å². The third-order valence-electron chi connectivity index (χ3n) is 5.28. The number of methoxy groups -OCH3 is 1. The molecule has 1 unspecified atom stereocenters. The predicted octanol–water partition coefficient (Wildman–Crippen LogP) is 1.19. The van der Waals surface area contributed by atoms with Gasteiger partial charge in [0.05, 0.1) is 18.7 Å². The second kappa shape index (κ2) is 10.6. The van der Waals surface area contributed by atoms with Crippen molar-refractivity contribution in [1.29, 1.82) is 0 Å². The van der Waals surface area contributed by atoms with Crippen LogP contribution < -0.4 is 20.3 Å². The molecule has 2 aliphatic rings. The predicted molar refractivity (Wildman–Crippen MR) is 112 cm³/mol. The van der Waals surface area contributed by atoms with Gasteiger partial charge in [0.2, 0.25) is 11.8 Å². The molecule has 2 aliphatic heterocycles. The van der Waals surface area contributed by atoms with E-state index in [9.17, 15) is 9.59 Å². The molecule has 7 nitrogen and oxygen atoms in total. The van der Waals surface area contributed by atoms with Crippen LogP contribution in [0.1, 0.15) is 18.4 Å². The van der Waals surface area contributed by atoms with Gasteiger partial charge in [-0.2, -0.15) is 0 Å². The molecule has 2 heterocycles. The standard InChI is InChI=1S/C20H30N4O3.ClH/c1-15-4-5-18(27-2)17(12-15)24-14-16(13-19(24)25)20(26)22-6-3-9-23-10-7-21-8-11-23;/h4-5,12,16,21H,3,6-11,13-14H2,1-2H3,(H,22,26);1H. The Morgan fingerprint density at radius 1 is 1.32 bits per heavy atom. The van der Waals surface area contributed by atoms with Crippen molar-refractivity contribution in [1.82, 2.24) is 15.5 Å². The van der Waals surface area contributed by atoms with Crippen molar-refractivity contribution in [3.8, 4) is 5.75 Å². The van der Waals surface area contributed by atoms with Gasteiger partial charge < -0.3 is 25.2 Å². The smallest absolute Gasteiger partial charge is 0.227 e. The number of hydrogen-bond acceptors (Lipinski definition) is 5. The number of anilines is 1. The average Bonchev–Trinajstić information content (AvgIpc) is 3.07. The van der Waals surface area contributed by atoms with E-state index in [-0.39, 0.29) is 36.6 Å². The van der Waals surface area contributed by atoms with Crippen molar-refractivity contribution in [2.75, 3.05) is 57.8 Å². The van der Waals surface area contributed by atoms with E-state index in [4.69, 9.17) is 4.74 Å². The Balaban J connectivity index is 0.00000280. The SMILES string of the molecule is COc1ccc(C)cc1N1CC(C(=O)NCCCN2CCNCC2)CC1=O.Cl. The Hall–Kier alpha value is -1.83. The summed E-state index contributed by atoms with van der Waals surface area (Å²) >= 11 is 0. The van der Waals surface area contributed by atoms with Crippen LogP contribution in [0.4, 0.5) is 5.69 Å². The number of halogens is 1. The van der Waals surface area contributed by atoms with Gasteiger partial charge in [-0.15, -0.1) is 12.4 Å². The van der Waals surface area contributed by atoms with Crippen molar-refractivity contribution in [2.45, 2.75) is 19.8 Å². The third kappa shape index (κ3) is 5.59. The molecule has 8 heteroatoms. The zero-order valence-electron chi connectivity index (χ0n) is 16.7. The maximum atomic E-state index is 12.5. The molecule has 2 fully saturated rings. The summed E-state index contributed by atoms with van der Waals surface area (Å²) < 4.78 is 5.39. The van der Waals surface area contributed by atoms with Crippen molar-refractivity contribution >= 4 is 29.9 Å². The quantitative estimate of drug-likeness (QED) is 0.660. The first kappa shape index (κ1) is 22.5. The minimum absolute atomic E-state index is 0. The molecule has 28 heavy (non-hydrogen) atoms. The lowest BCUT2D eigenvalue weighted by Gasteiger charge is -2.27. The molecule has 0 radical (unpaired) electrons. The zero-order valence-corrected chi connectivity index (χ0v) is 17.5. The van der Waals surface area contributed by atoms with Crippen LogP contribution in [0.3, 0.4) is 0 Å². The Morgan fingerprint density at radius 2 is 2.07 bits per heavy atom. The lowest BCUT2D eigenvalue weighted by molar-refractivity contribution is -0.126. The molecule has 2 saturated heterocycles. The number of nitrogens with one attached hydrogen (secondary N) is 2. The summed E-state index contributed by atoms with van der Waals surface area (Å²) in [5.74, 6) is 0.297. The third-order valence-corrected chi connectivity index (χ3v) is 5.28. The van der Waals surface area contributed by atoms with Crippen molar-refractivity contribution in [2.24, 2.45) is 5.92 Å². The number of ether oxygens (including phenoxy) is 1. The Bertz CT molecular complexity index is 679. The van der Waals surface area contributed by atoms with Crippen LogP contribution in [0.5, 0.6) is 5.75 Å². The molecule has 0 saturated carbocycles. The van der Waals surface area contributed by atoms with Gasteiger partial charge in [0.15, 0.2) is 0 Å². The molecule has 0 aromatic heterocycles. The van der Waals surface area contributed by atoms with E-state index < -0.39 is 0 Å². The van der Waals surface area contributed by atoms with Crippen LogP contribution in [-0.4, -0.2) is 69.6 Å². The monoisotopic (exact) mass is 410 g/mol. The number of carbonyl (C=O) groups excluding carboxylic acids is 2. The van der Waals surface area contributed by atoms with Gasteiger partial charge in [-0.1, -0.05) is 6.07 Å². The molecule has 2 N–H and O–H groups in total. The number of carbonyl (C=O) groups is 2. The van der Waals surface area contributed by atoms with Crippen molar-refractivity contribution < 1.29 is 14.3 Å². The van der Waals surface area contributed by atoms with Crippen LogP contribution in [0, 0.1) is 12.8 Å². The van der Waals surface area contributed by atoms with Gasteiger partial charge >= 0.3 is 0 Å². The number of amides is 2. The van der Waals surface area contributed by atoms with Gasteiger partial charge in [0.1, 0.15) is 5.75 Å². The van der Waals surface area contributed by atoms with Crippen LogP contribution in [0.15, 0.2) is 18.2 Å². The summed E-state index contributed by atoms with van der Waals surface area (Å²) in [4.78, 5) is 29.1. The lowest BCUT2D eigenvalue weighted by atomic mass is 10.1. The number of rotatable bonds is 7. The van der Waals surface area contributed by atoms with Gasteiger partial charge in [-0.25, -0.2) is 0 Å². The second-order valence-corrected chi connectivity index (χ2v) is 7.32. The minimum Gasteiger partial charge on any atom is -0.495 e. The topological polar surface area (TPSA) is 73.9 Å². The largest absolute Gasteiger partial charge is 0.495 e. The first-order chi connectivity index (χ1) is 13.1. The molecule has 1 aromatic carbocycles. The maximum absolute atomic E-state index is 12.5. The highest BCUT2D eigenvalue weighted by Crippen LogP contribution is 2.33. The normalized spacial score (nSPS) is 20.0. The van der Waals surface area contributed by atoms with E-state index in [1.807, 2.05) is 25.1 Å². The van der Waals surface area contributed by atoms with Gasteiger partial charge in [-0.05, 0) is 37.6 Å². The van der Waals surface area contributed by atoms with E-state index in [1.165, 1.54) is 0 Å².